The number of rotatable bonds is 14. The first-order valence-electron chi connectivity index (χ1n) is 9.83. The molecule has 141 valence electrons. The Morgan fingerprint density at radius 1 is 0.920 bits per heavy atom. The minimum atomic E-state index is -0.367. The van der Waals surface area contributed by atoms with Gasteiger partial charge in [-0.05, 0) is 24.6 Å². The summed E-state index contributed by atoms with van der Waals surface area (Å²) >= 11 is 5.78. The second-order valence-corrected chi connectivity index (χ2v) is 7.13. The van der Waals surface area contributed by atoms with Crippen LogP contribution in [0, 0.1) is 0 Å². The third kappa shape index (κ3) is 10.4. The normalized spacial score (nSPS) is 10.8. The molecule has 1 rings (SSSR count). The molecule has 0 fully saturated rings. The van der Waals surface area contributed by atoms with E-state index in [1.165, 1.54) is 70.3 Å². The minimum Gasteiger partial charge on any atom is -0.462 e. The molecule has 0 atom stereocenters. The fraction of sp³-hybridized carbons (Fsp3) is 0.667. The maximum Gasteiger partial charge on any atom is 0.338 e. The SMILES string of the molecule is CCCCCCCCCCCCCCOC(=O)c1ccc(Cl)c([NH])c1. The highest BCUT2D eigenvalue weighted by Crippen LogP contribution is 2.21. The predicted octanol–water partition coefficient (Wildman–Crippen LogP) is 7.11. The topological polar surface area (TPSA) is 50.1 Å². The summed E-state index contributed by atoms with van der Waals surface area (Å²) in [6.45, 7) is 2.71. The Bertz CT molecular complexity index is 491. The van der Waals surface area contributed by atoms with Crippen LogP contribution in [0.4, 0.5) is 5.69 Å². The molecule has 0 heterocycles. The summed E-state index contributed by atoms with van der Waals surface area (Å²) in [7, 11) is 0. The van der Waals surface area contributed by atoms with E-state index in [-0.39, 0.29) is 11.7 Å². The van der Waals surface area contributed by atoms with Crippen molar-refractivity contribution >= 4 is 23.3 Å². The highest BCUT2D eigenvalue weighted by atomic mass is 35.5. The van der Waals surface area contributed by atoms with Gasteiger partial charge in [0.2, 0.25) is 0 Å². The third-order valence-electron chi connectivity index (χ3n) is 4.43. The number of halogens is 1. The van der Waals surface area contributed by atoms with Crippen LogP contribution in [-0.4, -0.2) is 12.6 Å². The fourth-order valence-corrected chi connectivity index (χ4v) is 2.96. The van der Waals surface area contributed by atoms with Gasteiger partial charge in [-0.15, -0.1) is 0 Å². The summed E-state index contributed by atoms with van der Waals surface area (Å²) in [4.78, 5) is 11.9. The van der Waals surface area contributed by atoms with E-state index < -0.39 is 0 Å². The van der Waals surface area contributed by atoms with E-state index in [2.05, 4.69) is 6.92 Å². The van der Waals surface area contributed by atoms with Crippen LogP contribution >= 0.6 is 11.6 Å². The molecule has 1 N–H and O–H groups in total. The molecule has 1 radical (unpaired) electrons. The number of ether oxygens (including phenoxy) is 1. The number of benzene rings is 1. The molecular weight excluding hydrogens is 334 g/mol. The molecule has 0 saturated carbocycles. The molecule has 1 aromatic carbocycles. The van der Waals surface area contributed by atoms with Gasteiger partial charge >= 0.3 is 5.97 Å². The van der Waals surface area contributed by atoms with Gasteiger partial charge in [0.15, 0.2) is 0 Å². The van der Waals surface area contributed by atoms with Gasteiger partial charge < -0.3 is 4.74 Å². The smallest absolute Gasteiger partial charge is 0.338 e. The Morgan fingerprint density at radius 3 is 1.96 bits per heavy atom. The van der Waals surface area contributed by atoms with Gasteiger partial charge in [-0.3, -0.25) is 5.73 Å². The van der Waals surface area contributed by atoms with Gasteiger partial charge in [0.1, 0.15) is 0 Å². The number of esters is 1. The van der Waals surface area contributed by atoms with Gasteiger partial charge in [0.25, 0.3) is 0 Å². The average molecular weight is 367 g/mol. The molecule has 0 unspecified atom stereocenters. The summed E-state index contributed by atoms with van der Waals surface area (Å²) in [5.41, 5.74) is 8.14. The van der Waals surface area contributed by atoms with Gasteiger partial charge in [0.05, 0.1) is 22.9 Å². The zero-order chi connectivity index (χ0) is 18.3. The zero-order valence-corrected chi connectivity index (χ0v) is 16.4. The Morgan fingerprint density at radius 2 is 1.44 bits per heavy atom. The molecule has 3 nitrogen and oxygen atoms in total. The van der Waals surface area contributed by atoms with Crippen LogP contribution in [0.2, 0.25) is 5.02 Å². The van der Waals surface area contributed by atoms with Crippen LogP contribution in [0.25, 0.3) is 0 Å². The highest BCUT2D eigenvalue weighted by molar-refractivity contribution is 6.33. The van der Waals surface area contributed by atoms with Crippen molar-refractivity contribution in [3.05, 3.63) is 28.8 Å². The Kier molecular flexibility index (Phi) is 12.2. The van der Waals surface area contributed by atoms with Crippen molar-refractivity contribution in [2.24, 2.45) is 0 Å². The molecule has 1 aromatic rings. The van der Waals surface area contributed by atoms with Crippen LogP contribution < -0.4 is 5.73 Å². The molecule has 25 heavy (non-hydrogen) atoms. The number of carbonyl (C=O) groups is 1. The van der Waals surface area contributed by atoms with Gasteiger partial charge in [-0.25, -0.2) is 4.79 Å². The molecule has 0 aliphatic rings. The molecule has 0 spiro atoms. The Balaban J connectivity index is 1.93. The lowest BCUT2D eigenvalue weighted by molar-refractivity contribution is 0.0497. The van der Waals surface area contributed by atoms with Crippen LogP contribution in [0.15, 0.2) is 18.2 Å². The second-order valence-electron chi connectivity index (χ2n) is 6.72. The Labute approximate surface area is 158 Å². The summed E-state index contributed by atoms with van der Waals surface area (Å²) in [5.74, 6) is -0.367. The summed E-state index contributed by atoms with van der Waals surface area (Å²) in [6, 6.07) is 4.61. The van der Waals surface area contributed by atoms with E-state index >= 15 is 0 Å². The minimum absolute atomic E-state index is 0.154. The van der Waals surface area contributed by atoms with Gasteiger partial charge in [-0.1, -0.05) is 89.2 Å². The van der Waals surface area contributed by atoms with E-state index in [0.717, 1.165) is 12.8 Å². The first kappa shape index (κ1) is 21.8. The number of carbonyl (C=O) groups excluding carboxylic acids is 1. The maximum absolute atomic E-state index is 11.9. The van der Waals surface area contributed by atoms with Crippen LogP contribution in [0.5, 0.6) is 0 Å². The van der Waals surface area contributed by atoms with Gasteiger partial charge in [0, 0.05) is 0 Å². The van der Waals surface area contributed by atoms with E-state index in [9.17, 15) is 4.79 Å². The van der Waals surface area contributed by atoms with Crippen molar-refractivity contribution in [2.45, 2.75) is 84.0 Å². The van der Waals surface area contributed by atoms with E-state index in [0.29, 0.717) is 17.2 Å². The van der Waals surface area contributed by atoms with Crippen molar-refractivity contribution < 1.29 is 9.53 Å². The maximum atomic E-state index is 11.9. The lowest BCUT2D eigenvalue weighted by Crippen LogP contribution is -2.06. The average Bonchev–Trinajstić information content (AvgIpc) is 2.61. The molecular formula is C21H33ClNO2. The monoisotopic (exact) mass is 366 g/mol. The largest absolute Gasteiger partial charge is 0.462 e. The fourth-order valence-electron chi connectivity index (χ4n) is 2.84. The number of nitrogens with one attached hydrogen (secondary N) is 1. The molecule has 4 heteroatoms. The summed E-state index contributed by atoms with van der Waals surface area (Å²) in [6.07, 6.45) is 15.4. The van der Waals surface area contributed by atoms with Crippen molar-refractivity contribution in [3.63, 3.8) is 0 Å². The quantitative estimate of drug-likeness (QED) is 0.260. The van der Waals surface area contributed by atoms with Crippen LogP contribution in [0.3, 0.4) is 0 Å². The third-order valence-corrected chi connectivity index (χ3v) is 4.76. The molecule has 0 aromatic heterocycles. The summed E-state index contributed by atoms with van der Waals surface area (Å²) < 4.78 is 5.25. The molecule has 0 aliphatic carbocycles. The second kappa shape index (κ2) is 14.0. The Hall–Kier alpha value is -1.22. The molecule has 0 aliphatic heterocycles. The first-order chi connectivity index (χ1) is 12.1. The van der Waals surface area contributed by atoms with Crippen molar-refractivity contribution in [3.8, 4) is 0 Å². The van der Waals surface area contributed by atoms with E-state index in [1.807, 2.05) is 0 Å². The van der Waals surface area contributed by atoms with E-state index in [4.69, 9.17) is 22.1 Å². The lowest BCUT2D eigenvalue weighted by atomic mass is 10.1. The highest BCUT2D eigenvalue weighted by Gasteiger charge is 2.08. The van der Waals surface area contributed by atoms with Crippen molar-refractivity contribution in [1.82, 2.24) is 5.73 Å². The number of hydrogen-bond acceptors (Lipinski definition) is 2. The molecule has 0 amide bonds. The first-order valence-corrected chi connectivity index (χ1v) is 10.2. The number of unbranched alkanes of at least 4 members (excludes halogenated alkanes) is 11. The molecule has 0 bridgehead atoms. The number of hydrogen-bond donors (Lipinski definition) is 0. The van der Waals surface area contributed by atoms with Crippen molar-refractivity contribution in [1.29, 1.82) is 0 Å². The molecule has 0 saturated heterocycles. The van der Waals surface area contributed by atoms with Crippen molar-refractivity contribution in [2.75, 3.05) is 6.61 Å². The van der Waals surface area contributed by atoms with E-state index in [1.54, 1.807) is 12.1 Å². The van der Waals surface area contributed by atoms with Crippen LogP contribution in [0.1, 0.15) is 94.3 Å². The zero-order valence-electron chi connectivity index (χ0n) is 15.6. The predicted molar refractivity (Wildman–Crippen MR) is 106 cm³/mol. The van der Waals surface area contributed by atoms with Gasteiger partial charge in [-0.2, -0.15) is 0 Å². The summed E-state index contributed by atoms with van der Waals surface area (Å²) in [5, 5.41) is 0.345. The standard InChI is InChI=1S/C21H33ClNO2/c1-2-3-4-5-6-7-8-9-10-11-12-13-16-25-21(24)18-14-15-19(22)20(23)17-18/h14-15,17,23H,2-13,16H2,1H3. The lowest BCUT2D eigenvalue weighted by Gasteiger charge is -2.06. The van der Waals surface area contributed by atoms with Crippen LogP contribution in [-0.2, 0) is 4.74 Å².